The summed E-state index contributed by atoms with van der Waals surface area (Å²) in [5.41, 5.74) is -0.228. The number of urea groups is 1. The molecule has 2 rings (SSSR count). The number of carbonyl (C=O) groups excluding carboxylic acids is 1. The van der Waals surface area contributed by atoms with Gasteiger partial charge in [0.15, 0.2) is 0 Å². The molecule has 3 N–H and O–H groups in total. The summed E-state index contributed by atoms with van der Waals surface area (Å²) in [7, 11) is 0. The van der Waals surface area contributed by atoms with Crippen LogP contribution in [0.25, 0.3) is 0 Å². The van der Waals surface area contributed by atoms with Crippen molar-refractivity contribution in [3.05, 3.63) is 52.0 Å². The van der Waals surface area contributed by atoms with Gasteiger partial charge in [0.1, 0.15) is 0 Å². The van der Waals surface area contributed by atoms with Crippen LogP contribution < -0.4 is 10.6 Å². The molecule has 2 amide bonds. The van der Waals surface area contributed by atoms with Crippen molar-refractivity contribution in [2.24, 2.45) is 0 Å². The van der Waals surface area contributed by atoms with Crippen LogP contribution in [0, 0.1) is 0 Å². The minimum Gasteiger partial charge on any atom is -0.392 e. The third kappa shape index (κ3) is 4.43. The van der Waals surface area contributed by atoms with E-state index in [1.807, 2.05) is 0 Å². The lowest BCUT2D eigenvalue weighted by molar-refractivity contribution is -0.139. The molecule has 0 aliphatic rings. The summed E-state index contributed by atoms with van der Waals surface area (Å²) in [6.07, 6.45) is -4.57. The van der Waals surface area contributed by atoms with Crippen LogP contribution >= 0.6 is 28.6 Å². The van der Waals surface area contributed by atoms with Crippen LogP contribution in [-0.4, -0.2) is 11.1 Å². The quantitative estimate of drug-likeness (QED) is 0.534. The molecule has 0 aliphatic heterocycles. The average molecular weight is 421 g/mol. The van der Waals surface area contributed by atoms with Gasteiger partial charge in [-0.25, -0.2) is 4.79 Å². The Labute approximate surface area is 149 Å². The Hall–Kier alpha value is -1.71. The Bertz CT molecular complexity index is 769. The van der Waals surface area contributed by atoms with E-state index >= 15 is 0 Å². The molecule has 0 saturated heterocycles. The number of hydrogen-bond acceptors (Lipinski definition) is 3. The maximum atomic E-state index is 12.8. The Morgan fingerprint density at radius 2 is 1.83 bits per heavy atom. The molecule has 2 aromatic carbocycles. The van der Waals surface area contributed by atoms with E-state index in [-0.39, 0.29) is 17.2 Å². The van der Waals surface area contributed by atoms with Gasteiger partial charge in [0.2, 0.25) is 0 Å². The first-order valence-electron chi connectivity index (χ1n) is 6.59. The van der Waals surface area contributed by atoms with Crippen molar-refractivity contribution < 1.29 is 23.1 Å². The molecule has 0 unspecified atom stereocenters. The molecule has 9 heteroatoms. The van der Waals surface area contributed by atoms with Gasteiger partial charge in [0, 0.05) is 20.6 Å². The molecule has 0 fully saturated rings. The summed E-state index contributed by atoms with van der Waals surface area (Å²) in [6.45, 7) is -0.301. The van der Waals surface area contributed by atoms with Crippen LogP contribution in [0.1, 0.15) is 11.1 Å². The molecule has 0 heterocycles. The zero-order valence-corrected chi connectivity index (χ0v) is 14.5. The summed E-state index contributed by atoms with van der Waals surface area (Å²) in [5.74, 6) is 0. The summed E-state index contributed by atoms with van der Waals surface area (Å²) in [5, 5.41) is 14.1. The largest absolute Gasteiger partial charge is 0.417 e. The van der Waals surface area contributed by atoms with Gasteiger partial charge in [0.25, 0.3) is 0 Å². The third-order valence-corrected chi connectivity index (χ3v) is 4.06. The minimum absolute atomic E-state index is 0.0776. The van der Waals surface area contributed by atoms with Crippen molar-refractivity contribution in [3.63, 3.8) is 0 Å². The fraction of sp³-hybridized carbons (Fsp3) is 0.133. The first-order chi connectivity index (χ1) is 11.2. The van der Waals surface area contributed by atoms with Crippen molar-refractivity contribution >= 4 is 46.0 Å². The van der Waals surface area contributed by atoms with Gasteiger partial charge in [-0.2, -0.15) is 13.2 Å². The number of benzene rings is 2. The van der Waals surface area contributed by atoms with Gasteiger partial charge in [-0.3, -0.25) is 0 Å². The van der Waals surface area contributed by atoms with Gasteiger partial charge >= 0.3 is 12.2 Å². The van der Waals surface area contributed by atoms with Crippen molar-refractivity contribution in [2.75, 3.05) is 10.6 Å². The minimum atomic E-state index is -4.57. The number of hydrogen-bond donors (Lipinski definition) is 4. The van der Waals surface area contributed by atoms with Crippen LogP contribution in [0.5, 0.6) is 0 Å². The molecular weight excluding hydrogens is 409 g/mol. The molecular formula is C15H12BrF3N2O2S. The lowest BCUT2D eigenvalue weighted by Crippen LogP contribution is -2.21. The van der Waals surface area contributed by atoms with E-state index in [4.69, 9.17) is 0 Å². The monoisotopic (exact) mass is 420 g/mol. The van der Waals surface area contributed by atoms with Gasteiger partial charge in [0.05, 0.1) is 17.9 Å². The Morgan fingerprint density at radius 3 is 2.46 bits per heavy atom. The number of aliphatic hydroxyl groups excluding tert-OH is 1. The predicted molar refractivity (Wildman–Crippen MR) is 91.4 cm³/mol. The predicted octanol–water partition coefficient (Wildman–Crippen LogP) is 4.89. The van der Waals surface area contributed by atoms with E-state index in [1.54, 1.807) is 18.2 Å². The Morgan fingerprint density at radius 1 is 1.17 bits per heavy atom. The lowest BCUT2D eigenvalue weighted by Gasteiger charge is -2.15. The summed E-state index contributed by atoms with van der Waals surface area (Å²) < 4.78 is 39.2. The maximum Gasteiger partial charge on any atom is 0.417 e. The highest BCUT2D eigenvalue weighted by molar-refractivity contribution is 9.10. The van der Waals surface area contributed by atoms with E-state index in [2.05, 4.69) is 39.2 Å². The van der Waals surface area contributed by atoms with Gasteiger partial charge in [-0.15, -0.1) is 12.6 Å². The zero-order chi connectivity index (χ0) is 17.9. The second-order valence-electron chi connectivity index (χ2n) is 4.74. The fourth-order valence-corrected chi connectivity index (χ4v) is 2.64. The average Bonchev–Trinajstić information content (AvgIpc) is 2.48. The molecule has 4 nitrogen and oxygen atoms in total. The first kappa shape index (κ1) is 18.6. The van der Waals surface area contributed by atoms with E-state index in [1.165, 1.54) is 12.1 Å². The number of aliphatic hydroxyl groups is 1. The number of rotatable bonds is 3. The van der Waals surface area contributed by atoms with E-state index < -0.39 is 17.8 Å². The van der Waals surface area contributed by atoms with Crippen LogP contribution in [0.3, 0.4) is 0 Å². The Kier molecular flexibility index (Phi) is 5.79. The second-order valence-corrected chi connectivity index (χ2v) is 6.10. The van der Waals surface area contributed by atoms with Crippen LogP contribution in [0.15, 0.2) is 45.8 Å². The van der Waals surface area contributed by atoms with Crippen molar-refractivity contribution in [3.8, 4) is 0 Å². The van der Waals surface area contributed by atoms with Crippen LogP contribution in [-0.2, 0) is 12.8 Å². The van der Waals surface area contributed by atoms with Gasteiger partial charge in [-0.05, 0) is 24.3 Å². The highest BCUT2D eigenvalue weighted by Gasteiger charge is 2.33. The fourth-order valence-electron chi connectivity index (χ4n) is 1.95. The molecule has 0 radical (unpaired) electrons. The number of carbonyl (C=O) groups is 1. The van der Waals surface area contributed by atoms with E-state index in [9.17, 15) is 23.1 Å². The molecule has 0 aromatic heterocycles. The topological polar surface area (TPSA) is 61.4 Å². The highest BCUT2D eigenvalue weighted by atomic mass is 79.9. The molecule has 0 aliphatic carbocycles. The number of anilines is 2. The van der Waals surface area contributed by atoms with Crippen LogP contribution in [0.2, 0.25) is 0 Å². The molecule has 24 heavy (non-hydrogen) atoms. The van der Waals surface area contributed by atoms with Crippen molar-refractivity contribution in [1.82, 2.24) is 0 Å². The number of amides is 2. The molecule has 0 atom stereocenters. The first-order valence-corrected chi connectivity index (χ1v) is 7.83. The SMILES string of the molecule is O=C(Nc1cc(Br)ccc1CO)Nc1cccc(C(F)(F)F)c1S. The molecule has 0 bridgehead atoms. The highest BCUT2D eigenvalue weighted by Crippen LogP contribution is 2.37. The summed E-state index contributed by atoms with van der Waals surface area (Å²) in [4.78, 5) is 11.7. The third-order valence-electron chi connectivity index (χ3n) is 3.08. The van der Waals surface area contributed by atoms with Gasteiger partial charge < -0.3 is 15.7 Å². The van der Waals surface area contributed by atoms with Gasteiger partial charge in [-0.1, -0.05) is 28.1 Å². The van der Waals surface area contributed by atoms with E-state index in [0.717, 1.165) is 6.07 Å². The van der Waals surface area contributed by atoms with E-state index in [0.29, 0.717) is 15.7 Å². The maximum absolute atomic E-state index is 12.8. The Balaban J connectivity index is 2.21. The normalized spacial score (nSPS) is 11.2. The van der Waals surface area contributed by atoms with Crippen molar-refractivity contribution in [1.29, 1.82) is 0 Å². The lowest BCUT2D eigenvalue weighted by atomic mass is 10.2. The molecule has 2 aromatic rings. The van der Waals surface area contributed by atoms with Crippen LogP contribution in [0.4, 0.5) is 29.3 Å². The number of thiol groups is 1. The second kappa shape index (κ2) is 7.45. The zero-order valence-electron chi connectivity index (χ0n) is 12.0. The number of halogens is 4. The molecule has 0 spiro atoms. The summed E-state index contributed by atoms with van der Waals surface area (Å²) in [6, 6.07) is 7.47. The smallest absolute Gasteiger partial charge is 0.392 e. The molecule has 128 valence electrons. The number of nitrogens with one attached hydrogen (secondary N) is 2. The van der Waals surface area contributed by atoms with Crippen molar-refractivity contribution in [2.45, 2.75) is 17.7 Å². The summed E-state index contributed by atoms with van der Waals surface area (Å²) >= 11 is 7.09. The molecule has 0 saturated carbocycles. The standard InChI is InChI=1S/C15H12BrF3N2O2S/c16-9-5-4-8(7-22)12(6-9)21-14(23)20-11-3-1-2-10(13(11)24)15(17,18)19/h1-6,22,24H,7H2,(H2,20,21,23). The number of alkyl halides is 3.